The highest BCUT2D eigenvalue weighted by molar-refractivity contribution is 6.05. The molecule has 5 N–H and O–H groups in total. The van der Waals surface area contributed by atoms with Crippen LogP contribution in [0.3, 0.4) is 0 Å². The van der Waals surface area contributed by atoms with E-state index in [1.165, 1.54) is 50.6 Å². The molecule has 0 bridgehead atoms. The lowest BCUT2D eigenvalue weighted by Crippen LogP contribution is -2.21. The first-order valence-corrected chi connectivity index (χ1v) is 9.34. The highest BCUT2D eigenvalue weighted by Crippen LogP contribution is 2.28. The first kappa shape index (κ1) is 23.0. The predicted molar refractivity (Wildman–Crippen MR) is 111 cm³/mol. The van der Waals surface area contributed by atoms with Crippen molar-refractivity contribution in [2.75, 3.05) is 25.9 Å². The molecule has 0 atom stereocenters. The summed E-state index contributed by atoms with van der Waals surface area (Å²) in [5, 5.41) is 3.28. The summed E-state index contributed by atoms with van der Waals surface area (Å²) in [6.45, 7) is 2.50. The number of halogens is 2. The SMILES string of the molecule is C1CCNCC1.COC(=O)c1cc(-c2ccc(N)c(C(N)=NC=O)c2)c(F)cc1F. The lowest BCUT2D eigenvalue weighted by Gasteiger charge is -2.11. The summed E-state index contributed by atoms with van der Waals surface area (Å²) in [7, 11) is 1.09. The van der Waals surface area contributed by atoms with Gasteiger partial charge in [-0.3, -0.25) is 4.79 Å². The summed E-state index contributed by atoms with van der Waals surface area (Å²) in [5.74, 6) is -3.02. The Labute approximate surface area is 173 Å². The van der Waals surface area contributed by atoms with Gasteiger partial charge in [-0.15, -0.1) is 0 Å². The largest absolute Gasteiger partial charge is 0.465 e. The van der Waals surface area contributed by atoms with Gasteiger partial charge in [0.25, 0.3) is 0 Å². The van der Waals surface area contributed by atoms with Gasteiger partial charge in [0.1, 0.15) is 17.5 Å². The first-order valence-electron chi connectivity index (χ1n) is 9.34. The van der Waals surface area contributed by atoms with Gasteiger partial charge in [0.05, 0.1) is 12.7 Å². The smallest absolute Gasteiger partial charge is 0.340 e. The highest BCUT2D eigenvalue weighted by Gasteiger charge is 2.18. The van der Waals surface area contributed by atoms with E-state index < -0.39 is 23.2 Å². The summed E-state index contributed by atoms with van der Waals surface area (Å²) in [6.07, 6.45) is 4.46. The van der Waals surface area contributed by atoms with E-state index in [1.54, 1.807) is 0 Å². The number of hydrogen-bond donors (Lipinski definition) is 3. The van der Waals surface area contributed by atoms with E-state index in [-0.39, 0.29) is 34.6 Å². The number of nitrogens with one attached hydrogen (secondary N) is 1. The van der Waals surface area contributed by atoms with Crippen LogP contribution in [0.4, 0.5) is 14.5 Å². The fourth-order valence-electron chi connectivity index (χ4n) is 2.91. The Hall–Kier alpha value is -3.33. The molecular formula is C21H24F2N4O3. The number of nitrogens with zero attached hydrogens (tertiary/aromatic N) is 1. The highest BCUT2D eigenvalue weighted by atomic mass is 19.1. The normalized spacial score (nSPS) is 13.8. The zero-order chi connectivity index (χ0) is 22.1. The number of hydrogen-bond acceptors (Lipinski definition) is 5. The second-order valence-corrected chi connectivity index (χ2v) is 6.54. The number of aliphatic imine (C=N–C) groups is 1. The molecular weight excluding hydrogens is 394 g/mol. The van der Waals surface area contributed by atoms with Crippen molar-refractivity contribution in [1.29, 1.82) is 0 Å². The Morgan fingerprint density at radius 1 is 1.10 bits per heavy atom. The van der Waals surface area contributed by atoms with E-state index in [1.807, 2.05) is 0 Å². The number of nitrogen functional groups attached to an aromatic ring is 1. The third-order valence-electron chi connectivity index (χ3n) is 4.50. The van der Waals surface area contributed by atoms with Gasteiger partial charge in [-0.25, -0.2) is 13.6 Å². The maximum Gasteiger partial charge on any atom is 0.340 e. The molecule has 3 rings (SSSR count). The molecule has 2 aromatic carbocycles. The van der Waals surface area contributed by atoms with Gasteiger partial charge < -0.3 is 21.5 Å². The summed E-state index contributed by atoms with van der Waals surface area (Å²) < 4.78 is 32.3. The van der Waals surface area contributed by atoms with Crippen LogP contribution >= 0.6 is 0 Å². The summed E-state index contributed by atoms with van der Waals surface area (Å²) >= 11 is 0. The van der Waals surface area contributed by atoms with Gasteiger partial charge >= 0.3 is 5.97 Å². The van der Waals surface area contributed by atoms with Crippen molar-refractivity contribution < 1.29 is 23.1 Å². The van der Waals surface area contributed by atoms with Crippen molar-refractivity contribution in [2.45, 2.75) is 19.3 Å². The van der Waals surface area contributed by atoms with Crippen molar-refractivity contribution >= 4 is 23.9 Å². The molecule has 1 heterocycles. The first-order chi connectivity index (χ1) is 14.4. The van der Waals surface area contributed by atoms with Crippen LogP contribution in [0.25, 0.3) is 11.1 Å². The molecule has 1 fully saturated rings. The molecule has 2 aromatic rings. The minimum Gasteiger partial charge on any atom is -0.465 e. The van der Waals surface area contributed by atoms with Crippen molar-refractivity contribution in [3.8, 4) is 11.1 Å². The van der Waals surface area contributed by atoms with Crippen LogP contribution in [0.1, 0.15) is 35.2 Å². The second kappa shape index (κ2) is 11.0. The number of nitrogens with two attached hydrogens (primary N) is 2. The predicted octanol–water partition coefficient (Wildman–Crippen LogP) is 2.62. The van der Waals surface area contributed by atoms with Gasteiger partial charge in [0, 0.05) is 22.9 Å². The monoisotopic (exact) mass is 418 g/mol. The molecule has 30 heavy (non-hydrogen) atoms. The van der Waals surface area contributed by atoms with Crippen LogP contribution in [-0.4, -0.2) is 38.4 Å². The second-order valence-electron chi connectivity index (χ2n) is 6.54. The fourth-order valence-corrected chi connectivity index (χ4v) is 2.91. The van der Waals surface area contributed by atoms with Crippen LogP contribution in [0.2, 0.25) is 0 Å². The van der Waals surface area contributed by atoms with E-state index in [0.717, 1.165) is 13.2 Å². The number of anilines is 1. The van der Waals surface area contributed by atoms with Crippen LogP contribution in [0.15, 0.2) is 35.3 Å². The van der Waals surface area contributed by atoms with Crippen LogP contribution in [0, 0.1) is 11.6 Å². The standard InChI is InChI=1S/C16H13F2N3O3.C5H11N/c1-24-16(23)10-5-9(12(17)6-13(10)18)8-2-3-14(19)11(4-8)15(20)21-7-22;1-2-4-6-5-3-1/h2-7H,19H2,1H3,(H2,20,21,22);6H,1-5H2. The number of amidine groups is 1. The fraction of sp³-hybridized carbons (Fsp3) is 0.286. The number of rotatable bonds is 4. The Morgan fingerprint density at radius 2 is 1.80 bits per heavy atom. The molecule has 1 aliphatic rings. The molecule has 7 nitrogen and oxygen atoms in total. The number of benzene rings is 2. The molecule has 0 saturated carbocycles. The molecule has 1 aliphatic heterocycles. The molecule has 0 spiro atoms. The van der Waals surface area contributed by atoms with E-state index in [9.17, 15) is 18.4 Å². The van der Waals surface area contributed by atoms with Gasteiger partial charge in [-0.05, 0) is 49.7 Å². The zero-order valence-electron chi connectivity index (χ0n) is 16.6. The van der Waals surface area contributed by atoms with Crippen molar-refractivity contribution in [1.82, 2.24) is 5.32 Å². The molecule has 0 aromatic heterocycles. The quantitative estimate of drug-likeness (QED) is 0.231. The maximum atomic E-state index is 14.1. The number of carbonyl (C=O) groups is 2. The van der Waals surface area contributed by atoms with E-state index in [4.69, 9.17) is 11.5 Å². The number of esters is 1. The van der Waals surface area contributed by atoms with Crippen molar-refractivity contribution in [3.05, 3.63) is 53.1 Å². The van der Waals surface area contributed by atoms with Crippen LogP contribution < -0.4 is 16.8 Å². The molecule has 1 amide bonds. The maximum absolute atomic E-state index is 14.1. The Balaban J connectivity index is 0.000000456. The lowest BCUT2D eigenvalue weighted by molar-refractivity contribution is -0.106. The summed E-state index contributed by atoms with van der Waals surface area (Å²) in [4.78, 5) is 25.4. The van der Waals surface area contributed by atoms with Gasteiger partial charge in [-0.2, -0.15) is 4.99 Å². The minimum atomic E-state index is -1.04. The number of methoxy groups -OCH3 is 1. The molecule has 1 saturated heterocycles. The van der Waals surface area contributed by atoms with Crippen molar-refractivity contribution in [2.24, 2.45) is 10.7 Å². The third kappa shape index (κ3) is 5.84. The van der Waals surface area contributed by atoms with Crippen molar-refractivity contribution in [3.63, 3.8) is 0 Å². The lowest BCUT2D eigenvalue weighted by atomic mass is 9.98. The summed E-state index contributed by atoms with van der Waals surface area (Å²) in [5.41, 5.74) is 11.6. The third-order valence-corrected chi connectivity index (χ3v) is 4.50. The van der Waals surface area contributed by atoms with Gasteiger partial charge in [0.15, 0.2) is 0 Å². The van der Waals surface area contributed by atoms with E-state index in [0.29, 0.717) is 6.07 Å². The Morgan fingerprint density at radius 3 is 2.33 bits per heavy atom. The molecule has 0 aliphatic carbocycles. The molecule has 0 radical (unpaired) electrons. The molecule has 9 heteroatoms. The average molecular weight is 418 g/mol. The van der Waals surface area contributed by atoms with E-state index in [2.05, 4.69) is 15.0 Å². The number of amides is 1. The van der Waals surface area contributed by atoms with Crippen LogP contribution in [0.5, 0.6) is 0 Å². The number of carbonyl (C=O) groups excluding carboxylic acids is 2. The molecule has 0 unspecified atom stereocenters. The van der Waals surface area contributed by atoms with Gasteiger partial charge in [0.2, 0.25) is 6.41 Å². The van der Waals surface area contributed by atoms with Gasteiger partial charge in [-0.1, -0.05) is 12.5 Å². The topological polar surface area (TPSA) is 120 Å². The number of ether oxygens (including phenoxy) is 1. The van der Waals surface area contributed by atoms with E-state index >= 15 is 0 Å². The Bertz CT molecular complexity index is 933. The average Bonchev–Trinajstić information content (AvgIpc) is 2.76. The number of piperidine rings is 1. The Kier molecular flexibility index (Phi) is 8.42. The zero-order valence-corrected chi connectivity index (χ0v) is 16.6. The molecule has 160 valence electrons. The van der Waals surface area contributed by atoms with Crippen LogP contribution in [-0.2, 0) is 9.53 Å². The summed E-state index contributed by atoms with van der Waals surface area (Å²) in [6, 6.07) is 5.89. The minimum absolute atomic E-state index is 0.0584.